The van der Waals surface area contributed by atoms with Crippen LogP contribution >= 0.6 is 0 Å². The van der Waals surface area contributed by atoms with Gasteiger partial charge in [0.05, 0.1) is 11.1 Å². The average molecular weight is 716 g/mol. The lowest BCUT2D eigenvalue weighted by Crippen LogP contribution is -2.32. The lowest BCUT2D eigenvalue weighted by atomic mass is 9.65. The summed E-state index contributed by atoms with van der Waals surface area (Å²) >= 11 is 0. The second-order valence-electron chi connectivity index (χ2n) is 16.0. The molecule has 0 N–H and O–H groups in total. The van der Waals surface area contributed by atoms with Crippen LogP contribution in [-0.2, 0) is 10.8 Å². The molecule has 1 aliphatic heterocycles. The van der Waals surface area contributed by atoms with Gasteiger partial charge < -0.3 is 9.64 Å². The molecule has 0 fully saturated rings. The van der Waals surface area contributed by atoms with Crippen molar-refractivity contribution in [3.63, 3.8) is 0 Å². The summed E-state index contributed by atoms with van der Waals surface area (Å²) in [6.07, 6.45) is 0. The number of rotatable bonds is 3. The van der Waals surface area contributed by atoms with Gasteiger partial charge in [0.2, 0.25) is 0 Å². The van der Waals surface area contributed by atoms with Crippen LogP contribution in [0.1, 0.15) is 47.2 Å². The van der Waals surface area contributed by atoms with Crippen molar-refractivity contribution in [1.29, 1.82) is 0 Å². The van der Waals surface area contributed by atoms with Crippen LogP contribution in [0.2, 0.25) is 0 Å². The van der Waals surface area contributed by atoms with Gasteiger partial charge in [-0.15, -0.1) is 0 Å². The smallest absolute Gasteiger partial charge is 0.140 e. The molecular formula is C54H37NO. The molecule has 1 heterocycles. The Hall–Kier alpha value is -6.90. The Kier molecular flexibility index (Phi) is 6.36. The van der Waals surface area contributed by atoms with E-state index in [9.17, 15) is 0 Å². The lowest BCUT2D eigenvalue weighted by molar-refractivity contribution is 0.447. The van der Waals surface area contributed by atoms with Crippen molar-refractivity contribution in [1.82, 2.24) is 0 Å². The summed E-state index contributed by atoms with van der Waals surface area (Å²) in [5.41, 5.74) is 15.4. The van der Waals surface area contributed by atoms with E-state index in [0.717, 1.165) is 39.3 Å². The third kappa shape index (κ3) is 4.00. The Bertz CT molecular complexity index is 3020. The summed E-state index contributed by atoms with van der Waals surface area (Å²) < 4.78 is 7.22. The molecule has 56 heavy (non-hydrogen) atoms. The maximum atomic E-state index is 7.22. The van der Waals surface area contributed by atoms with Crippen molar-refractivity contribution in [2.24, 2.45) is 0 Å². The highest BCUT2D eigenvalue weighted by atomic mass is 16.5. The van der Waals surface area contributed by atoms with Crippen molar-refractivity contribution in [3.05, 3.63) is 221 Å². The van der Waals surface area contributed by atoms with Crippen molar-refractivity contribution in [3.8, 4) is 33.8 Å². The Balaban J connectivity index is 1.18. The predicted molar refractivity (Wildman–Crippen MR) is 231 cm³/mol. The molecule has 12 rings (SSSR count). The fourth-order valence-corrected chi connectivity index (χ4v) is 10.5. The van der Waals surface area contributed by atoms with Gasteiger partial charge in [0.1, 0.15) is 11.5 Å². The van der Waals surface area contributed by atoms with E-state index in [1.807, 2.05) is 0 Å². The van der Waals surface area contributed by atoms with E-state index in [-0.39, 0.29) is 5.41 Å². The van der Waals surface area contributed by atoms with E-state index in [2.05, 4.69) is 207 Å². The summed E-state index contributed by atoms with van der Waals surface area (Å²) in [7, 11) is 0. The van der Waals surface area contributed by atoms with Crippen LogP contribution < -0.4 is 9.64 Å². The lowest BCUT2D eigenvalue weighted by Gasteiger charge is -2.40. The average Bonchev–Trinajstić information content (AvgIpc) is 3.67. The third-order valence-corrected chi connectivity index (χ3v) is 12.9. The number of nitrogens with zero attached hydrogens (tertiary/aromatic N) is 1. The zero-order valence-electron chi connectivity index (χ0n) is 31.3. The van der Waals surface area contributed by atoms with Crippen molar-refractivity contribution in [2.75, 3.05) is 4.90 Å². The molecule has 0 bridgehead atoms. The van der Waals surface area contributed by atoms with E-state index in [0.29, 0.717) is 0 Å². The van der Waals surface area contributed by atoms with E-state index < -0.39 is 5.41 Å². The SMILES string of the molecule is CC1(C)c2ccccc2-c2ccc(N(c3ccccc3)c3cccc4c3-c3ccccc3C43c4ccc5ccccc5c4Oc4c3ccc3ccccc43)cc21. The molecular weight excluding hydrogens is 679 g/mol. The molecule has 0 atom stereocenters. The van der Waals surface area contributed by atoms with Crippen LogP contribution in [0.3, 0.4) is 0 Å². The van der Waals surface area contributed by atoms with Crippen LogP contribution in [-0.4, -0.2) is 0 Å². The second-order valence-corrected chi connectivity index (χ2v) is 16.0. The number of fused-ring (bicyclic) bond motifs is 16. The summed E-state index contributed by atoms with van der Waals surface area (Å²) in [6.45, 7) is 4.73. The first-order valence-electron chi connectivity index (χ1n) is 19.6. The maximum Gasteiger partial charge on any atom is 0.140 e. The molecule has 0 amide bonds. The quantitative estimate of drug-likeness (QED) is 0.181. The zero-order valence-corrected chi connectivity index (χ0v) is 31.3. The minimum absolute atomic E-state index is 0.124. The van der Waals surface area contributed by atoms with Crippen LogP contribution in [0, 0.1) is 0 Å². The van der Waals surface area contributed by atoms with Gasteiger partial charge in [-0.25, -0.2) is 0 Å². The highest BCUT2D eigenvalue weighted by Crippen LogP contribution is 2.65. The topological polar surface area (TPSA) is 12.5 Å². The predicted octanol–water partition coefficient (Wildman–Crippen LogP) is 14.2. The van der Waals surface area contributed by atoms with E-state index in [4.69, 9.17) is 4.74 Å². The molecule has 9 aromatic rings. The first-order chi connectivity index (χ1) is 27.5. The summed E-state index contributed by atoms with van der Waals surface area (Å²) in [4.78, 5) is 2.48. The molecule has 0 radical (unpaired) electrons. The number of para-hydroxylation sites is 1. The first-order valence-corrected chi connectivity index (χ1v) is 19.6. The second kappa shape index (κ2) is 11.3. The molecule has 264 valence electrons. The number of ether oxygens (including phenoxy) is 1. The molecule has 0 saturated carbocycles. The number of hydrogen-bond acceptors (Lipinski definition) is 2. The Morgan fingerprint density at radius 1 is 0.393 bits per heavy atom. The largest absolute Gasteiger partial charge is 0.455 e. The van der Waals surface area contributed by atoms with Crippen LogP contribution in [0.4, 0.5) is 17.1 Å². The first kappa shape index (κ1) is 31.5. The highest BCUT2D eigenvalue weighted by molar-refractivity contribution is 6.03. The minimum atomic E-state index is -0.622. The monoisotopic (exact) mass is 715 g/mol. The van der Waals surface area contributed by atoms with Gasteiger partial charge in [0.25, 0.3) is 0 Å². The van der Waals surface area contributed by atoms with Gasteiger partial charge in [-0.3, -0.25) is 0 Å². The third-order valence-electron chi connectivity index (χ3n) is 12.9. The van der Waals surface area contributed by atoms with Crippen molar-refractivity contribution >= 4 is 38.6 Å². The van der Waals surface area contributed by atoms with E-state index in [1.165, 1.54) is 66.4 Å². The summed E-state index contributed by atoms with van der Waals surface area (Å²) in [5.74, 6) is 1.86. The van der Waals surface area contributed by atoms with Crippen LogP contribution in [0.15, 0.2) is 188 Å². The number of benzene rings is 9. The molecule has 0 aromatic heterocycles. The summed E-state index contributed by atoms with van der Waals surface area (Å²) in [6, 6.07) is 69.4. The van der Waals surface area contributed by atoms with Crippen LogP contribution in [0.25, 0.3) is 43.8 Å². The summed E-state index contributed by atoms with van der Waals surface area (Å²) in [5, 5.41) is 4.58. The Morgan fingerprint density at radius 2 is 0.964 bits per heavy atom. The molecule has 3 aliphatic rings. The van der Waals surface area contributed by atoms with Gasteiger partial charge in [-0.2, -0.15) is 0 Å². The van der Waals surface area contributed by atoms with Crippen molar-refractivity contribution in [2.45, 2.75) is 24.7 Å². The molecule has 0 unspecified atom stereocenters. The standard InChI is InChI=1S/C54H37NO/c1-53(2)43-23-12-10-21-40(43)41-30-29-37(33-48(41)53)55(36-17-4-3-5-18-36)49-26-14-25-45-50(49)42-22-11-13-24-44(42)54(45)46-31-27-34-15-6-8-19-38(34)51(46)56-52-39-20-9-7-16-35(39)28-32-47(52)54/h3-33H,1-2H3. The number of hydrogen-bond donors (Lipinski definition) is 0. The Labute approximate surface area is 326 Å². The van der Waals surface area contributed by atoms with Gasteiger partial charge in [0.15, 0.2) is 0 Å². The molecule has 2 aliphatic carbocycles. The van der Waals surface area contributed by atoms with Gasteiger partial charge in [0, 0.05) is 44.3 Å². The van der Waals surface area contributed by atoms with E-state index in [1.54, 1.807) is 0 Å². The number of anilines is 3. The minimum Gasteiger partial charge on any atom is -0.455 e. The van der Waals surface area contributed by atoms with Gasteiger partial charge in [-0.1, -0.05) is 172 Å². The van der Waals surface area contributed by atoms with E-state index >= 15 is 0 Å². The molecule has 9 aromatic carbocycles. The zero-order chi connectivity index (χ0) is 37.2. The van der Waals surface area contributed by atoms with Crippen LogP contribution in [0.5, 0.6) is 11.5 Å². The van der Waals surface area contributed by atoms with Crippen molar-refractivity contribution < 1.29 is 4.74 Å². The highest BCUT2D eigenvalue weighted by Gasteiger charge is 2.52. The molecule has 1 spiro atoms. The fraction of sp³-hybridized carbons (Fsp3) is 0.0741. The molecule has 2 nitrogen and oxygen atoms in total. The molecule has 0 saturated heterocycles. The maximum absolute atomic E-state index is 7.22. The van der Waals surface area contributed by atoms with Gasteiger partial charge >= 0.3 is 0 Å². The normalized spacial score (nSPS) is 14.7. The Morgan fingerprint density at radius 3 is 1.68 bits per heavy atom. The molecule has 2 heteroatoms. The fourth-order valence-electron chi connectivity index (χ4n) is 10.5. The van der Waals surface area contributed by atoms with Gasteiger partial charge in [-0.05, 0) is 80.0 Å².